The maximum atomic E-state index is 12.7. The average molecular weight is 318 g/mol. The number of rotatable bonds is 3. The lowest BCUT2D eigenvalue weighted by Gasteiger charge is -2.04. The molecule has 5 heteroatoms. The number of benzene rings is 2. The third-order valence-corrected chi connectivity index (χ3v) is 6.27. The molecule has 3 atom stereocenters. The van der Waals surface area contributed by atoms with E-state index in [0.717, 1.165) is 5.56 Å². The van der Waals surface area contributed by atoms with Gasteiger partial charge < -0.3 is 0 Å². The summed E-state index contributed by atoms with van der Waals surface area (Å²) < 4.78 is 25.3. The van der Waals surface area contributed by atoms with E-state index >= 15 is 0 Å². The monoisotopic (exact) mass is 317 g/mol. The molecule has 1 saturated carbocycles. The summed E-state index contributed by atoms with van der Waals surface area (Å²) in [7, 11) is -3.52. The fraction of sp³-hybridized carbons (Fsp3) is 0.188. The number of hydrogen-bond acceptors (Lipinski definition) is 3. The van der Waals surface area contributed by atoms with E-state index in [-0.39, 0.29) is 10.8 Å². The molecule has 2 aromatic rings. The molecule has 0 N–H and O–H groups in total. The molecule has 21 heavy (non-hydrogen) atoms. The maximum Gasteiger partial charge on any atom is 0.183 e. The molecule has 0 spiro atoms. The molecule has 3 rings (SSSR count). The van der Waals surface area contributed by atoms with Crippen LogP contribution in [-0.2, 0) is 9.84 Å². The van der Waals surface area contributed by atoms with Gasteiger partial charge in [-0.3, -0.25) is 0 Å². The Morgan fingerprint density at radius 2 is 1.62 bits per heavy atom. The highest BCUT2D eigenvalue weighted by Crippen LogP contribution is 2.53. The van der Waals surface area contributed by atoms with E-state index in [9.17, 15) is 13.7 Å². The lowest BCUT2D eigenvalue weighted by Crippen LogP contribution is -2.10. The topological polar surface area (TPSA) is 57.9 Å². The zero-order valence-corrected chi connectivity index (χ0v) is 12.6. The standard InChI is InChI=1S/C16H12ClNO2S/c17-12-6-8-13(9-7-12)21(19,20)16-14(10-18)15(16)11-4-2-1-3-5-11/h1-9,14-16H/t14-,15-,16+/m1/s1. The summed E-state index contributed by atoms with van der Waals surface area (Å²) in [5.41, 5.74) is 0.895. The number of halogens is 1. The van der Waals surface area contributed by atoms with Crippen LogP contribution in [-0.4, -0.2) is 13.7 Å². The summed E-state index contributed by atoms with van der Waals surface area (Å²) in [6.07, 6.45) is 0. The summed E-state index contributed by atoms with van der Waals surface area (Å²) in [4.78, 5) is 0.218. The van der Waals surface area contributed by atoms with E-state index in [1.54, 1.807) is 12.1 Å². The Labute approximate surface area is 128 Å². The fourth-order valence-electron chi connectivity index (χ4n) is 2.68. The van der Waals surface area contributed by atoms with Crippen molar-refractivity contribution in [1.29, 1.82) is 5.26 Å². The van der Waals surface area contributed by atoms with Gasteiger partial charge >= 0.3 is 0 Å². The van der Waals surface area contributed by atoms with Gasteiger partial charge in [-0.15, -0.1) is 0 Å². The molecule has 0 aliphatic heterocycles. The maximum absolute atomic E-state index is 12.7. The van der Waals surface area contributed by atoms with Crippen molar-refractivity contribution >= 4 is 21.4 Å². The van der Waals surface area contributed by atoms with Gasteiger partial charge in [0.15, 0.2) is 9.84 Å². The molecule has 0 aromatic heterocycles. The van der Waals surface area contributed by atoms with Crippen LogP contribution in [0.5, 0.6) is 0 Å². The van der Waals surface area contributed by atoms with Crippen LogP contribution < -0.4 is 0 Å². The zero-order chi connectivity index (χ0) is 15.0. The normalized spacial score (nSPS) is 24.3. The Morgan fingerprint density at radius 3 is 2.19 bits per heavy atom. The van der Waals surface area contributed by atoms with E-state index < -0.39 is 21.0 Å². The van der Waals surface area contributed by atoms with Gasteiger partial charge in [-0.2, -0.15) is 5.26 Å². The van der Waals surface area contributed by atoms with Crippen molar-refractivity contribution in [3.05, 3.63) is 65.2 Å². The van der Waals surface area contributed by atoms with Crippen molar-refractivity contribution in [3.63, 3.8) is 0 Å². The van der Waals surface area contributed by atoms with E-state index in [0.29, 0.717) is 5.02 Å². The Kier molecular flexibility index (Phi) is 3.48. The number of hydrogen-bond donors (Lipinski definition) is 0. The van der Waals surface area contributed by atoms with Crippen molar-refractivity contribution in [3.8, 4) is 6.07 Å². The van der Waals surface area contributed by atoms with Crippen LogP contribution in [0.25, 0.3) is 0 Å². The molecule has 0 amide bonds. The van der Waals surface area contributed by atoms with Crippen LogP contribution in [0.4, 0.5) is 0 Å². The molecule has 0 saturated heterocycles. The van der Waals surface area contributed by atoms with E-state index in [1.165, 1.54) is 12.1 Å². The third kappa shape index (κ3) is 2.44. The minimum Gasteiger partial charge on any atom is -0.223 e. The second-order valence-electron chi connectivity index (χ2n) is 5.05. The first kappa shape index (κ1) is 14.1. The minimum atomic E-state index is -3.52. The Balaban J connectivity index is 1.97. The van der Waals surface area contributed by atoms with Crippen molar-refractivity contribution in [2.45, 2.75) is 16.1 Å². The summed E-state index contributed by atoms with van der Waals surface area (Å²) in [6, 6.07) is 17.5. The average Bonchev–Trinajstić information content (AvgIpc) is 3.24. The molecule has 1 aliphatic carbocycles. The molecule has 0 unspecified atom stereocenters. The van der Waals surface area contributed by atoms with Gasteiger partial charge in [-0.25, -0.2) is 8.42 Å². The van der Waals surface area contributed by atoms with Gasteiger partial charge in [-0.05, 0) is 29.8 Å². The van der Waals surface area contributed by atoms with Crippen LogP contribution in [0, 0.1) is 17.2 Å². The van der Waals surface area contributed by atoms with Gasteiger partial charge in [0, 0.05) is 10.9 Å². The quantitative estimate of drug-likeness (QED) is 0.871. The van der Waals surface area contributed by atoms with E-state index in [1.807, 2.05) is 30.3 Å². The van der Waals surface area contributed by atoms with Crippen LogP contribution in [0.1, 0.15) is 11.5 Å². The van der Waals surface area contributed by atoms with Crippen LogP contribution in [0.3, 0.4) is 0 Å². The Bertz CT molecular complexity index is 794. The summed E-state index contributed by atoms with van der Waals surface area (Å²) in [5, 5.41) is 9.04. The zero-order valence-electron chi connectivity index (χ0n) is 11.0. The molecule has 0 bridgehead atoms. The predicted octanol–water partition coefficient (Wildman–Crippen LogP) is 3.42. The van der Waals surface area contributed by atoms with Gasteiger partial charge in [0.1, 0.15) is 0 Å². The van der Waals surface area contributed by atoms with E-state index in [2.05, 4.69) is 6.07 Å². The lowest BCUT2D eigenvalue weighted by molar-refractivity contribution is 0.593. The lowest BCUT2D eigenvalue weighted by atomic mass is 10.1. The second kappa shape index (κ2) is 5.18. The molecule has 106 valence electrons. The molecule has 3 nitrogen and oxygen atoms in total. The molecule has 0 radical (unpaired) electrons. The van der Waals surface area contributed by atoms with Crippen LogP contribution >= 0.6 is 11.6 Å². The van der Waals surface area contributed by atoms with Crippen LogP contribution in [0.15, 0.2) is 59.5 Å². The largest absolute Gasteiger partial charge is 0.223 e. The fourth-order valence-corrected chi connectivity index (χ4v) is 4.87. The summed E-state index contributed by atoms with van der Waals surface area (Å²) in [6.45, 7) is 0. The summed E-state index contributed by atoms with van der Waals surface area (Å²) >= 11 is 5.79. The molecule has 1 fully saturated rings. The highest BCUT2D eigenvalue weighted by atomic mass is 35.5. The second-order valence-corrected chi connectivity index (χ2v) is 7.60. The molecule has 2 aromatic carbocycles. The van der Waals surface area contributed by atoms with Gasteiger partial charge in [0.25, 0.3) is 0 Å². The predicted molar refractivity (Wildman–Crippen MR) is 80.7 cm³/mol. The van der Waals surface area contributed by atoms with E-state index in [4.69, 9.17) is 11.6 Å². The SMILES string of the molecule is N#C[C@@H]1[C@@H](c2ccccc2)[C@H]1S(=O)(=O)c1ccc(Cl)cc1. The van der Waals surface area contributed by atoms with Gasteiger partial charge in [0.2, 0.25) is 0 Å². The first-order valence-corrected chi connectivity index (χ1v) is 8.42. The number of nitriles is 1. The van der Waals surface area contributed by atoms with Crippen molar-refractivity contribution in [1.82, 2.24) is 0 Å². The Morgan fingerprint density at radius 1 is 1.00 bits per heavy atom. The third-order valence-electron chi connectivity index (χ3n) is 3.79. The summed E-state index contributed by atoms with van der Waals surface area (Å²) in [5.74, 6) is -0.745. The molecular weight excluding hydrogens is 306 g/mol. The first-order valence-electron chi connectivity index (χ1n) is 6.50. The molecule has 1 aliphatic rings. The number of nitrogens with zero attached hydrogens (tertiary/aromatic N) is 1. The highest BCUT2D eigenvalue weighted by molar-refractivity contribution is 7.92. The smallest absolute Gasteiger partial charge is 0.183 e. The highest BCUT2D eigenvalue weighted by Gasteiger charge is 2.59. The molecule has 0 heterocycles. The van der Waals surface area contributed by atoms with Gasteiger partial charge in [0.05, 0.1) is 22.1 Å². The van der Waals surface area contributed by atoms with Gasteiger partial charge in [-0.1, -0.05) is 41.9 Å². The first-order chi connectivity index (χ1) is 10.1. The minimum absolute atomic E-state index is 0.218. The number of sulfone groups is 1. The van der Waals surface area contributed by atoms with Crippen LogP contribution in [0.2, 0.25) is 5.02 Å². The van der Waals surface area contributed by atoms with Crippen molar-refractivity contribution in [2.24, 2.45) is 5.92 Å². The van der Waals surface area contributed by atoms with Crippen molar-refractivity contribution in [2.75, 3.05) is 0 Å². The van der Waals surface area contributed by atoms with Crippen molar-refractivity contribution < 1.29 is 8.42 Å². The Hall–Kier alpha value is -1.83. The molecular formula is C16H12ClNO2S.